The summed E-state index contributed by atoms with van der Waals surface area (Å²) in [6, 6.07) is 0. The van der Waals surface area contributed by atoms with E-state index < -0.39 is 0 Å². The second-order valence-corrected chi connectivity index (χ2v) is 4.03. The minimum atomic E-state index is 0.552. The van der Waals surface area contributed by atoms with Gasteiger partial charge in [-0.05, 0) is 24.7 Å². The lowest BCUT2D eigenvalue weighted by Gasteiger charge is -2.30. The molecule has 11 heavy (non-hydrogen) atoms. The van der Waals surface area contributed by atoms with Gasteiger partial charge >= 0.3 is 0 Å². The minimum absolute atomic E-state index is 0.552. The average molecular weight is 156 g/mol. The first-order chi connectivity index (χ1) is 5.24. The molecule has 0 saturated heterocycles. The molecule has 1 nitrogen and oxygen atoms in total. The molecule has 1 aliphatic carbocycles. The SMILES string of the molecule is CO[C@H]1CCC[C@@H](C(C)C)C1. The Morgan fingerprint density at radius 1 is 1.27 bits per heavy atom. The first-order valence-electron chi connectivity index (χ1n) is 4.76. The predicted molar refractivity (Wildman–Crippen MR) is 47.6 cm³/mol. The van der Waals surface area contributed by atoms with Crippen molar-refractivity contribution in [3.8, 4) is 0 Å². The first kappa shape index (κ1) is 9.05. The van der Waals surface area contributed by atoms with E-state index in [4.69, 9.17) is 4.74 Å². The van der Waals surface area contributed by atoms with Crippen LogP contribution in [0.2, 0.25) is 0 Å². The van der Waals surface area contributed by atoms with Gasteiger partial charge in [-0.15, -0.1) is 0 Å². The Balaban J connectivity index is 2.33. The van der Waals surface area contributed by atoms with Crippen LogP contribution in [0.4, 0.5) is 0 Å². The summed E-state index contributed by atoms with van der Waals surface area (Å²) in [5, 5.41) is 0. The highest BCUT2D eigenvalue weighted by Gasteiger charge is 2.23. The summed E-state index contributed by atoms with van der Waals surface area (Å²) in [5.74, 6) is 1.75. The molecule has 0 aliphatic heterocycles. The molecule has 0 amide bonds. The largest absolute Gasteiger partial charge is 0.381 e. The number of methoxy groups -OCH3 is 1. The zero-order valence-electron chi connectivity index (χ0n) is 7.97. The van der Waals surface area contributed by atoms with Crippen molar-refractivity contribution in [3.63, 3.8) is 0 Å². The fourth-order valence-electron chi connectivity index (χ4n) is 2.00. The Morgan fingerprint density at radius 3 is 2.55 bits per heavy atom. The van der Waals surface area contributed by atoms with E-state index in [1.165, 1.54) is 25.7 Å². The van der Waals surface area contributed by atoms with Gasteiger partial charge in [0.25, 0.3) is 0 Å². The van der Waals surface area contributed by atoms with Gasteiger partial charge in [-0.1, -0.05) is 26.7 Å². The standard InChI is InChI=1S/C10H20O/c1-8(2)9-5-4-6-10(7-9)11-3/h8-10H,4-7H2,1-3H3/t9-,10+/m1/s1. The number of hydrogen-bond acceptors (Lipinski definition) is 1. The quantitative estimate of drug-likeness (QED) is 0.597. The monoisotopic (exact) mass is 156 g/mol. The predicted octanol–water partition coefficient (Wildman–Crippen LogP) is 2.85. The van der Waals surface area contributed by atoms with E-state index >= 15 is 0 Å². The Kier molecular flexibility index (Phi) is 3.38. The molecule has 1 heteroatoms. The van der Waals surface area contributed by atoms with Crippen molar-refractivity contribution < 1.29 is 4.74 Å². The molecule has 0 aromatic heterocycles. The third-order valence-corrected chi connectivity index (χ3v) is 2.94. The number of ether oxygens (including phenoxy) is 1. The van der Waals surface area contributed by atoms with Gasteiger partial charge in [-0.3, -0.25) is 0 Å². The molecule has 1 fully saturated rings. The van der Waals surface area contributed by atoms with Crippen LogP contribution in [-0.4, -0.2) is 13.2 Å². The van der Waals surface area contributed by atoms with Gasteiger partial charge in [0, 0.05) is 7.11 Å². The summed E-state index contributed by atoms with van der Waals surface area (Å²) >= 11 is 0. The van der Waals surface area contributed by atoms with Gasteiger partial charge in [0.15, 0.2) is 0 Å². The summed E-state index contributed by atoms with van der Waals surface area (Å²) in [6.45, 7) is 4.64. The second kappa shape index (κ2) is 4.10. The van der Waals surface area contributed by atoms with Crippen molar-refractivity contribution >= 4 is 0 Å². The second-order valence-electron chi connectivity index (χ2n) is 4.03. The Hall–Kier alpha value is -0.0400. The van der Waals surface area contributed by atoms with Crippen molar-refractivity contribution in [2.24, 2.45) is 11.8 Å². The van der Waals surface area contributed by atoms with E-state index in [1.54, 1.807) is 0 Å². The van der Waals surface area contributed by atoms with Crippen LogP contribution < -0.4 is 0 Å². The van der Waals surface area contributed by atoms with Gasteiger partial charge in [-0.25, -0.2) is 0 Å². The molecule has 0 N–H and O–H groups in total. The van der Waals surface area contributed by atoms with Crippen LogP contribution >= 0.6 is 0 Å². The lowest BCUT2D eigenvalue weighted by Crippen LogP contribution is -2.24. The maximum atomic E-state index is 5.37. The van der Waals surface area contributed by atoms with Crippen molar-refractivity contribution in [1.29, 1.82) is 0 Å². The summed E-state index contributed by atoms with van der Waals surface area (Å²) in [5.41, 5.74) is 0. The van der Waals surface area contributed by atoms with Crippen LogP contribution in [0, 0.1) is 11.8 Å². The van der Waals surface area contributed by atoms with Gasteiger partial charge in [0.05, 0.1) is 6.10 Å². The first-order valence-corrected chi connectivity index (χ1v) is 4.76. The molecule has 66 valence electrons. The van der Waals surface area contributed by atoms with E-state index in [9.17, 15) is 0 Å². The summed E-state index contributed by atoms with van der Waals surface area (Å²) in [6.07, 6.45) is 5.89. The van der Waals surface area contributed by atoms with Gasteiger partial charge < -0.3 is 4.74 Å². The molecule has 0 spiro atoms. The minimum Gasteiger partial charge on any atom is -0.381 e. The van der Waals surface area contributed by atoms with Crippen molar-refractivity contribution in [3.05, 3.63) is 0 Å². The molecule has 1 saturated carbocycles. The lowest BCUT2D eigenvalue weighted by atomic mass is 9.80. The highest BCUT2D eigenvalue weighted by atomic mass is 16.5. The van der Waals surface area contributed by atoms with Crippen molar-refractivity contribution in [1.82, 2.24) is 0 Å². The molecule has 1 aliphatic rings. The van der Waals surface area contributed by atoms with Crippen molar-refractivity contribution in [2.75, 3.05) is 7.11 Å². The average Bonchev–Trinajstić information content (AvgIpc) is 2.05. The smallest absolute Gasteiger partial charge is 0.0574 e. The van der Waals surface area contributed by atoms with Crippen LogP contribution in [0.5, 0.6) is 0 Å². The van der Waals surface area contributed by atoms with Crippen LogP contribution in [0.15, 0.2) is 0 Å². The zero-order valence-corrected chi connectivity index (χ0v) is 7.97. The molecule has 1 rings (SSSR count). The normalized spacial score (nSPS) is 32.7. The third-order valence-electron chi connectivity index (χ3n) is 2.94. The molecular weight excluding hydrogens is 136 g/mol. The summed E-state index contributed by atoms with van der Waals surface area (Å²) < 4.78 is 5.37. The molecule has 0 aromatic carbocycles. The van der Waals surface area contributed by atoms with E-state index in [0.717, 1.165) is 11.8 Å². The highest BCUT2D eigenvalue weighted by Crippen LogP contribution is 2.30. The van der Waals surface area contributed by atoms with E-state index in [0.29, 0.717) is 6.10 Å². The molecule has 0 unspecified atom stereocenters. The van der Waals surface area contributed by atoms with Crippen LogP contribution in [0.3, 0.4) is 0 Å². The number of hydrogen-bond donors (Lipinski definition) is 0. The van der Waals surface area contributed by atoms with Crippen molar-refractivity contribution in [2.45, 2.75) is 45.6 Å². The summed E-state index contributed by atoms with van der Waals surface area (Å²) in [4.78, 5) is 0. The fourth-order valence-corrected chi connectivity index (χ4v) is 2.00. The maximum absolute atomic E-state index is 5.37. The zero-order chi connectivity index (χ0) is 8.27. The number of rotatable bonds is 2. The molecule has 0 radical (unpaired) electrons. The Bertz CT molecular complexity index is 109. The molecule has 0 aromatic rings. The van der Waals surface area contributed by atoms with E-state index in [-0.39, 0.29) is 0 Å². The van der Waals surface area contributed by atoms with Crippen LogP contribution in [-0.2, 0) is 4.74 Å². The fraction of sp³-hybridized carbons (Fsp3) is 1.00. The van der Waals surface area contributed by atoms with Gasteiger partial charge in [-0.2, -0.15) is 0 Å². The molecular formula is C10H20O. The Morgan fingerprint density at radius 2 is 2.00 bits per heavy atom. The topological polar surface area (TPSA) is 9.23 Å². The lowest BCUT2D eigenvalue weighted by molar-refractivity contribution is 0.0408. The maximum Gasteiger partial charge on any atom is 0.0574 e. The van der Waals surface area contributed by atoms with E-state index in [1.807, 2.05) is 7.11 Å². The molecule has 0 bridgehead atoms. The molecule has 2 atom stereocenters. The summed E-state index contributed by atoms with van der Waals surface area (Å²) in [7, 11) is 1.84. The van der Waals surface area contributed by atoms with Crippen LogP contribution in [0.1, 0.15) is 39.5 Å². The van der Waals surface area contributed by atoms with Gasteiger partial charge in [0.1, 0.15) is 0 Å². The Labute approximate surface area is 70.1 Å². The van der Waals surface area contributed by atoms with Crippen LogP contribution in [0.25, 0.3) is 0 Å². The highest BCUT2D eigenvalue weighted by molar-refractivity contribution is 4.74. The van der Waals surface area contributed by atoms with E-state index in [2.05, 4.69) is 13.8 Å². The van der Waals surface area contributed by atoms with Gasteiger partial charge in [0.2, 0.25) is 0 Å². The third kappa shape index (κ3) is 2.48. The molecule has 0 heterocycles.